The van der Waals surface area contributed by atoms with Crippen molar-refractivity contribution in [1.29, 1.82) is 0 Å². The average Bonchev–Trinajstić information content (AvgIpc) is 3.31. The number of carbonyl (C=O) groups is 3. The molecule has 0 radical (unpaired) electrons. The molecule has 1 amide bonds. The Morgan fingerprint density at radius 2 is 1.79 bits per heavy atom. The number of aliphatic hydroxyl groups is 1. The van der Waals surface area contributed by atoms with Crippen molar-refractivity contribution < 1.29 is 23.9 Å². The molecule has 0 fully saturated rings. The van der Waals surface area contributed by atoms with Gasteiger partial charge < -0.3 is 5.11 Å². The predicted molar refractivity (Wildman–Crippen MR) is 124 cm³/mol. The highest BCUT2D eigenvalue weighted by atomic mass is 32.1. The first-order valence-electron chi connectivity index (χ1n) is 10.1. The number of rotatable bonds is 6. The van der Waals surface area contributed by atoms with Gasteiger partial charge in [-0.15, -0.1) is 0 Å². The summed E-state index contributed by atoms with van der Waals surface area (Å²) in [6, 6.07) is 13.4. The van der Waals surface area contributed by atoms with E-state index in [2.05, 4.69) is 4.98 Å². The number of Topliss-reactive ketones (excluding diaryl/α,β-unsaturated/α-hetero) is 1. The molecular weight excluding hydrogens is 443 g/mol. The van der Waals surface area contributed by atoms with Crippen molar-refractivity contribution in [3.05, 3.63) is 99.5 Å². The zero-order valence-corrected chi connectivity index (χ0v) is 18.6. The molecule has 1 N–H and O–H groups in total. The zero-order valence-electron chi connectivity index (χ0n) is 17.8. The van der Waals surface area contributed by atoms with Crippen LogP contribution in [0.4, 0.5) is 9.52 Å². The summed E-state index contributed by atoms with van der Waals surface area (Å²) in [5.74, 6) is -2.78. The molecule has 1 aliphatic rings. The van der Waals surface area contributed by atoms with Gasteiger partial charge in [0.1, 0.15) is 5.82 Å². The van der Waals surface area contributed by atoms with Crippen LogP contribution in [0, 0.1) is 12.7 Å². The molecule has 0 bridgehead atoms. The number of amides is 1. The Hall–Kier alpha value is -3.91. The van der Waals surface area contributed by atoms with Crippen molar-refractivity contribution in [2.24, 2.45) is 0 Å². The third-order valence-corrected chi connectivity index (χ3v) is 6.45. The topological polar surface area (TPSA) is 87.6 Å². The molecule has 0 saturated heterocycles. The quantitative estimate of drug-likeness (QED) is 0.413. The molecule has 0 spiro atoms. The number of thiazole rings is 1. The number of aliphatic hydroxyl groups excluding tert-OH is 1. The van der Waals surface area contributed by atoms with Crippen LogP contribution in [0.25, 0.3) is 6.08 Å². The van der Waals surface area contributed by atoms with Crippen LogP contribution in [0.15, 0.2) is 72.0 Å². The molecule has 1 aliphatic heterocycles. The number of hydrogen-bond donors (Lipinski definition) is 1. The molecule has 1 atom stereocenters. The number of anilines is 1. The van der Waals surface area contributed by atoms with Gasteiger partial charge in [-0.05, 0) is 36.3 Å². The summed E-state index contributed by atoms with van der Waals surface area (Å²) in [7, 11) is 0. The first kappa shape index (κ1) is 22.3. The molecule has 8 heteroatoms. The van der Waals surface area contributed by atoms with Crippen LogP contribution in [0.2, 0.25) is 0 Å². The molecule has 1 unspecified atom stereocenters. The minimum atomic E-state index is -1.03. The first-order chi connectivity index (χ1) is 15.8. The molecule has 6 nitrogen and oxygen atoms in total. The number of ketones is 2. The van der Waals surface area contributed by atoms with Gasteiger partial charge in [0.15, 0.2) is 22.5 Å². The largest absolute Gasteiger partial charge is 0.503 e. The van der Waals surface area contributed by atoms with E-state index in [-0.39, 0.29) is 16.5 Å². The maximum atomic E-state index is 13.6. The summed E-state index contributed by atoms with van der Waals surface area (Å²) >= 11 is 0.999. The fourth-order valence-corrected chi connectivity index (χ4v) is 4.64. The van der Waals surface area contributed by atoms with E-state index in [9.17, 15) is 23.9 Å². The summed E-state index contributed by atoms with van der Waals surface area (Å²) in [5.41, 5.74) is 1.49. The average molecular weight is 463 g/mol. The monoisotopic (exact) mass is 462 g/mol. The summed E-state index contributed by atoms with van der Waals surface area (Å²) in [6.07, 6.45) is 2.86. The number of nitrogens with zero attached hydrogens (tertiary/aromatic N) is 2. The van der Waals surface area contributed by atoms with Crippen LogP contribution < -0.4 is 4.90 Å². The van der Waals surface area contributed by atoms with Gasteiger partial charge in [-0.1, -0.05) is 59.9 Å². The molecule has 1 aromatic heterocycles. The molecular formula is C25H19FN2O4S. The maximum absolute atomic E-state index is 13.6. The Morgan fingerprint density at radius 1 is 1.12 bits per heavy atom. The van der Waals surface area contributed by atoms with E-state index >= 15 is 0 Å². The van der Waals surface area contributed by atoms with E-state index in [1.165, 1.54) is 42.2 Å². The van der Waals surface area contributed by atoms with Crippen molar-refractivity contribution in [2.75, 3.05) is 4.90 Å². The summed E-state index contributed by atoms with van der Waals surface area (Å²) in [5, 5.41) is 10.9. The Bertz CT molecular complexity index is 1310. The van der Waals surface area contributed by atoms with Crippen molar-refractivity contribution in [2.45, 2.75) is 19.9 Å². The molecule has 0 saturated carbocycles. The number of benzene rings is 2. The van der Waals surface area contributed by atoms with Crippen LogP contribution in [0.1, 0.15) is 39.5 Å². The lowest BCUT2D eigenvalue weighted by molar-refractivity contribution is -0.117. The van der Waals surface area contributed by atoms with Crippen molar-refractivity contribution in [1.82, 2.24) is 4.98 Å². The van der Waals surface area contributed by atoms with E-state index in [1.54, 1.807) is 13.0 Å². The van der Waals surface area contributed by atoms with Crippen LogP contribution in [0.3, 0.4) is 0 Å². The predicted octanol–water partition coefficient (Wildman–Crippen LogP) is 4.98. The van der Waals surface area contributed by atoms with Gasteiger partial charge in [-0.25, -0.2) is 9.37 Å². The lowest BCUT2D eigenvalue weighted by Gasteiger charge is -2.24. The van der Waals surface area contributed by atoms with Gasteiger partial charge in [0.05, 0.1) is 22.2 Å². The lowest BCUT2D eigenvalue weighted by atomic mass is 9.95. The number of aromatic nitrogens is 1. The normalized spacial score (nSPS) is 16.2. The first-order valence-corrected chi connectivity index (χ1v) is 10.9. The minimum absolute atomic E-state index is 0.143. The van der Waals surface area contributed by atoms with E-state index in [1.807, 2.05) is 30.3 Å². The third-order valence-electron chi connectivity index (χ3n) is 5.20. The van der Waals surface area contributed by atoms with Gasteiger partial charge in [0, 0.05) is 6.92 Å². The Balaban J connectivity index is 1.80. The lowest BCUT2D eigenvalue weighted by Crippen LogP contribution is -2.30. The molecule has 0 aliphatic carbocycles. The summed E-state index contributed by atoms with van der Waals surface area (Å²) in [4.78, 5) is 44.1. The van der Waals surface area contributed by atoms with Crippen LogP contribution in [-0.2, 0) is 9.59 Å². The maximum Gasteiger partial charge on any atom is 0.296 e. The van der Waals surface area contributed by atoms with Gasteiger partial charge in [-0.3, -0.25) is 19.3 Å². The minimum Gasteiger partial charge on any atom is -0.503 e. The van der Waals surface area contributed by atoms with Crippen LogP contribution >= 0.6 is 11.3 Å². The Morgan fingerprint density at radius 3 is 2.39 bits per heavy atom. The highest BCUT2D eigenvalue weighted by molar-refractivity contribution is 7.17. The van der Waals surface area contributed by atoms with Gasteiger partial charge >= 0.3 is 0 Å². The standard InChI is InChI=1S/C25H19FN2O4S/c1-14-23(15(2)29)33-25(27-14)28-21(17-9-11-18(26)12-10-17)20(22(31)24(28)32)19(30)13-8-16-6-4-3-5-7-16/h3-13,21,31H,1-2H3/b13-8+. The highest BCUT2D eigenvalue weighted by Gasteiger charge is 2.45. The smallest absolute Gasteiger partial charge is 0.296 e. The number of hydrogen-bond acceptors (Lipinski definition) is 6. The molecule has 4 rings (SSSR count). The SMILES string of the molecule is CC(=O)c1sc(N2C(=O)C(O)=C(C(=O)/C=C/c3ccccc3)C2c2ccc(F)cc2)nc1C. The summed E-state index contributed by atoms with van der Waals surface area (Å²) in [6.45, 7) is 3.04. The Labute approximate surface area is 193 Å². The van der Waals surface area contributed by atoms with Crippen molar-refractivity contribution >= 4 is 40.0 Å². The van der Waals surface area contributed by atoms with Crippen LogP contribution in [0.5, 0.6) is 0 Å². The van der Waals surface area contributed by atoms with Crippen LogP contribution in [-0.4, -0.2) is 27.6 Å². The Kier molecular flexibility index (Phi) is 6.02. The van der Waals surface area contributed by atoms with Gasteiger partial charge in [0.2, 0.25) is 0 Å². The van der Waals surface area contributed by atoms with E-state index < -0.39 is 29.3 Å². The second-order valence-corrected chi connectivity index (χ2v) is 8.44. The fourth-order valence-electron chi connectivity index (χ4n) is 3.65. The van der Waals surface area contributed by atoms with Crippen molar-refractivity contribution in [3.8, 4) is 0 Å². The van der Waals surface area contributed by atoms with Gasteiger partial charge in [-0.2, -0.15) is 0 Å². The number of halogens is 1. The second-order valence-electron chi connectivity index (χ2n) is 7.47. The van der Waals surface area contributed by atoms with Crippen molar-refractivity contribution in [3.63, 3.8) is 0 Å². The van der Waals surface area contributed by atoms with E-state index in [0.29, 0.717) is 16.1 Å². The highest BCUT2D eigenvalue weighted by Crippen LogP contribution is 2.43. The van der Waals surface area contributed by atoms with E-state index in [4.69, 9.17) is 0 Å². The molecule has 166 valence electrons. The third kappa shape index (κ3) is 4.25. The molecule has 2 heterocycles. The number of carbonyl (C=O) groups excluding carboxylic acids is 3. The zero-order chi connectivity index (χ0) is 23.7. The second kappa shape index (κ2) is 8.91. The number of aryl methyl sites for hydroxylation is 1. The van der Waals surface area contributed by atoms with E-state index in [0.717, 1.165) is 16.9 Å². The molecule has 2 aromatic carbocycles. The fraction of sp³-hybridized carbons (Fsp3) is 0.120. The number of allylic oxidation sites excluding steroid dienone is 1. The molecule has 3 aromatic rings. The molecule has 33 heavy (non-hydrogen) atoms. The summed E-state index contributed by atoms with van der Waals surface area (Å²) < 4.78 is 13.6. The van der Waals surface area contributed by atoms with Gasteiger partial charge in [0.25, 0.3) is 5.91 Å².